The molecule has 2 aromatic rings. The third kappa shape index (κ3) is 4.81. The summed E-state index contributed by atoms with van der Waals surface area (Å²) in [5.74, 6) is 3.62. The minimum absolute atomic E-state index is 0.702. The number of aryl methyl sites for hydroxylation is 2. The average Bonchev–Trinajstić information content (AvgIpc) is 3.31. The lowest BCUT2D eigenvalue weighted by atomic mass is 10.0. The highest BCUT2D eigenvalue weighted by atomic mass is 32.2. The number of hydrogen-bond acceptors (Lipinski definition) is 2. The van der Waals surface area contributed by atoms with Crippen LogP contribution in [0.3, 0.4) is 0 Å². The van der Waals surface area contributed by atoms with Gasteiger partial charge in [-0.05, 0) is 36.1 Å². The lowest BCUT2D eigenvalue weighted by Crippen LogP contribution is -1.88. The minimum atomic E-state index is 0.702. The quantitative estimate of drug-likeness (QED) is 0.599. The SMILES string of the molecule is C=C(c1ccc(C)cc1)C1CS1.Cc1ccc(C2=CCSC2)cc1. The summed E-state index contributed by atoms with van der Waals surface area (Å²) < 4.78 is 0. The van der Waals surface area contributed by atoms with Gasteiger partial charge in [-0.2, -0.15) is 23.5 Å². The highest BCUT2D eigenvalue weighted by Gasteiger charge is 2.26. The number of rotatable bonds is 3. The summed E-state index contributed by atoms with van der Waals surface area (Å²) in [4.78, 5) is 0. The molecule has 0 amide bonds. The fourth-order valence-electron chi connectivity index (χ4n) is 2.56. The molecule has 2 aromatic carbocycles. The molecule has 1 saturated heterocycles. The normalized spacial score (nSPS) is 18.4. The molecule has 2 aliphatic rings. The summed E-state index contributed by atoms with van der Waals surface area (Å²) >= 11 is 3.96. The van der Waals surface area contributed by atoms with Crippen LogP contribution in [-0.4, -0.2) is 22.5 Å². The fourth-order valence-corrected chi connectivity index (χ4v) is 4.13. The van der Waals surface area contributed by atoms with Crippen molar-refractivity contribution in [2.45, 2.75) is 19.1 Å². The van der Waals surface area contributed by atoms with Gasteiger partial charge in [0, 0.05) is 22.5 Å². The van der Waals surface area contributed by atoms with E-state index >= 15 is 0 Å². The van der Waals surface area contributed by atoms with E-state index in [4.69, 9.17) is 0 Å². The van der Waals surface area contributed by atoms with Crippen LogP contribution >= 0.6 is 23.5 Å². The Bertz CT molecular complexity index is 720. The van der Waals surface area contributed by atoms with E-state index < -0.39 is 0 Å². The van der Waals surface area contributed by atoms with E-state index in [1.165, 1.54) is 50.7 Å². The van der Waals surface area contributed by atoms with Crippen molar-refractivity contribution in [1.82, 2.24) is 0 Å². The molecular formula is C22H24S2. The first-order chi connectivity index (χ1) is 11.6. The second-order valence-corrected chi connectivity index (χ2v) is 8.59. The smallest absolute Gasteiger partial charge is 0.0388 e. The molecule has 1 fully saturated rings. The van der Waals surface area contributed by atoms with Crippen molar-refractivity contribution >= 4 is 34.7 Å². The van der Waals surface area contributed by atoms with Gasteiger partial charge < -0.3 is 0 Å². The van der Waals surface area contributed by atoms with Crippen LogP contribution in [0.2, 0.25) is 0 Å². The van der Waals surface area contributed by atoms with Crippen LogP contribution in [-0.2, 0) is 0 Å². The molecule has 0 aliphatic carbocycles. The van der Waals surface area contributed by atoms with Crippen molar-refractivity contribution in [1.29, 1.82) is 0 Å². The summed E-state index contributed by atoms with van der Waals surface area (Å²) in [6.07, 6.45) is 2.33. The Morgan fingerprint density at radius 2 is 1.54 bits per heavy atom. The highest BCUT2D eigenvalue weighted by Crippen LogP contribution is 2.40. The first-order valence-corrected chi connectivity index (χ1v) is 10.5. The summed E-state index contributed by atoms with van der Waals surface area (Å²) in [6.45, 7) is 8.33. The average molecular weight is 353 g/mol. The minimum Gasteiger partial charge on any atom is -0.153 e. The number of benzene rings is 2. The third-order valence-corrected chi connectivity index (χ3v) is 6.14. The molecule has 0 spiro atoms. The molecule has 0 bridgehead atoms. The van der Waals surface area contributed by atoms with Gasteiger partial charge in [-0.1, -0.05) is 72.3 Å². The predicted octanol–water partition coefficient (Wildman–Crippen LogP) is 6.25. The first kappa shape index (κ1) is 17.4. The molecule has 0 radical (unpaired) electrons. The van der Waals surface area contributed by atoms with E-state index in [0.29, 0.717) is 5.25 Å². The molecular weight excluding hydrogens is 328 g/mol. The van der Waals surface area contributed by atoms with E-state index in [1.807, 2.05) is 23.5 Å². The summed E-state index contributed by atoms with van der Waals surface area (Å²) in [5.41, 5.74) is 8.14. The Kier molecular flexibility index (Phi) is 5.91. The maximum Gasteiger partial charge on any atom is 0.0388 e. The van der Waals surface area contributed by atoms with Gasteiger partial charge in [-0.15, -0.1) is 0 Å². The van der Waals surface area contributed by atoms with Crippen LogP contribution in [0.15, 0.2) is 61.2 Å². The van der Waals surface area contributed by atoms with Crippen molar-refractivity contribution in [3.8, 4) is 0 Å². The molecule has 124 valence electrons. The van der Waals surface area contributed by atoms with Crippen molar-refractivity contribution < 1.29 is 0 Å². The van der Waals surface area contributed by atoms with Gasteiger partial charge in [0.2, 0.25) is 0 Å². The second kappa shape index (κ2) is 8.13. The van der Waals surface area contributed by atoms with Gasteiger partial charge in [-0.25, -0.2) is 0 Å². The molecule has 0 aromatic heterocycles. The highest BCUT2D eigenvalue weighted by molar-refractivity contribution is 8.07. The maximum atomic E-state index is 4.10. The molecule has 0 N–H and O–H groups in total. The molecule has 4 rings (SSSR count). The Morgan fingerprint density at radius 3 is 2.04 bits per heavy atom. The molecule has 0 saturated carbocycles. The summed E-state index contributed by atoms with van der Waals surface area (Å²) in [6, 6.07) is 17.4. The molecule has 2 heterocycles. The Morgan fingerprint density at radius 1 is 0.958 bits per heavy atom. The molecule has 2 heteroatoms. The van der Waals surface area contributed by atoms with Gasteiger partial charge in [-0.3, -0.25) is 0 Å². The van der Waals surface area contributed by atoms with Crippen LogP contribution in [0.4, 0.5) is 0 Å². The Labute approximate surface area is 154 Å². The van der Waals surface area contributed by atoms with Crippen LogP contribution in [0, 0.1) is 13.8 Å². The number of hydrogen-bond donors (Lipinski definition) is 0. The molecule has 24 heavy (non-hydrogen) atoms. The van der Waals surface area contributed by atoms with E-state index in [2.05, 4.69) is 75.0 Å². The summed E-state index contributed by atoms with van der Waals surface area (Å²) in [7, 11) is 0. The second-order valence-electron chi connectivity index (χ2n) is 6.32. The zero-order valence-electron chi connectivity index (χ0n) is 14.4. The topological polar surface area (TPSA) is 0 Å². The first-order valence-electron chi connectivity index (χ1n) is 8.35. The van der Waals surface area contributed by atoms with Gasteiger partial charge in [0.25, 0.3) is 0 Å². The van der Waals surface area contributed by atoms with E-state index in [-0.39, 0.29) is 0 Å². The zero-order chi connectivity index (χ0) is 16.9. The molecule has 1 unspecified atom stereocenters. The molecule has 0 nitrogen and oxygen atoms in total. The fraction of sp³-hybridized carbons (Fsp3) is 0.273. The van der Waals surface area contributed by atoms with Crippen LogP contribution in [0.1, 0.15) is 22.3 Å². The van der Waals surface area contributed by atoms with Gasteiger partial charge in [0.05, 0.1) is 0 Å². The van der Waals surface area contributed by atoms with Crippen LogP contribution in [0.5, 0.6) is 0 Å². The van der Waals surface area contributed by atoms with Crippen LogP contribution < -0.4 is 0 Å². The molecule has 2 aliphatic heterocycles. The Balaban J connectivity index is 0.000000141. The van der Waals surface area contributed by atoms with Crippen molar-refractivity contribution in [3.63, 3.8) is 0 Å². The summed E-state index contributed by atoms with van der Waals surface area (Å²) in [5, 5.41) is 0.702. The zero-order valence-corrected chi connectivity index (χ0v) is 16.1. The maximum absolute atomic E-state index is 4.10. The van der Waals surface area contributed by atoms with Gasteiger partial charge >= 0.3 is 0 Å². The van der Waals surface area contributed by atoms with Gasteiger partial charge in [0.15, 0.2) is 0 Å². The van der Waals surface area contributed by atoms with Crippen molar-refractivity contribution in [2.75, 3.05) is 17.3 Å². The lowest BCUT2D eigenvalue weighted by molar-refractivity contribution is 1.39. The van der Waals surface area contributed by atoms with E-state index in [9.17, 15) is 0 Å². The standard InChI is InChI=1S/2C11H12S/c1-8-3-5-10(6-4-8)9(2)11-7-12-11;1-9-2-4-10(5-3-9)11-6-7-12-8-11/h3-6,11H,2,7H2,1H3;2-6H,7-8H2,1H3. The van der Waals surface area contributed by atoms with E-state index in [1.54, 1.807) is 0 Å². The van der Waals surface area contributed by atoms with Gasteiger partial charge in [0.1, 0.15) is 0 Å². The van der Waals surface area contributed by atoms with Crippen molar-refractivity contribution in [2.24, 2.45) is 0 Å². The van der Waals surface area contributed by atoms with Crippen LogP contribution in [0.25, 0.3) is 11.1 Å². The van der Waals surface area contributed by atoms with E-state index in [0.717, 1.165) is 0 Å². The lowest BCUT2D eigenvalue weighted by Gasteiger charge is -2.02. The third-order valence-electron chi connectivity index (χ3n) is 4.27. The Hall–Kier alpha value is -1.38. The largest absolute Gasteiger partial charge is 0.153 e. The van der Waals surface area contributed by atoms with Crippen molar-refractivity contribution in [3.05, 3.63) is 83.4 Å². The molecule has 1 atom stereocenters. The predicted molar refractivity (Wildman–Crippen MR) is 113 cm³/mol. The number of thioether (sulfide) groups is 2. The monoisotopic (exact) mass is 352 g/mol.